The van der Waals surface area contributed by atoms with Crippen molar-refractivity contribution in [2.45, 2.75) is 6.54 Å². The van der Waals surface area contributed by atoms with E-state index in [0.29, 0.717) is 30.9 Å². The molecule has 0 saturated heterocycles. The van der Waals surface area contributed by atoms with Crippen LogP contribution in [0.1, 0.15) is 4.88 Å². The number of aromatic nitrogens is 1. The van der Waals surface area contributed by atoms with Crippen molar-refractivity contribution in [1.82, 2.24) is 9.88 Å². The topological polar surface area (TPSA) is 79.2 Å². The van der Waals surface area contributed by atoms with E-state index in [4.69, 9.17) is 0 Å². The van der Waals surface area contributed by atoms with Crippen molar-refractivity contribution in [3.8, 4) is 11.3 Å². The number of aromatic amines is 1. The van der Waals surface area contributed by atoms with Crippen molar-refractivity contribution in [3.63, 3.8) is 0 Å². The van der Waals surface area contributed by atoms with Gasteiger partial charge >= 0.3 is 4.87 Å². The van der Waals surface area contributed by atoms with E-state index in [-0.39, 0.29) is 10.6 Å². The molecular formula is C16H17N3O3S. The standard InChI is InChI=1S/C16H17N3O3S/c1-3-8-18(9-4-2)11-14-15(17-16(20)23-14)12-6-5-7-13(10-12)19(21)22/h3-7,10H,1-2,8-9,11H2,(H,17,20). The van der Waals surface area contributed by atoms with E-state index in [1.165, 1.54) is 12.1 Å². The molecule has 0 amide bonds. The first kappa shape index (κ1) is 16.9. The van der Waals surface area contributed by atoms with Crippen LogP contribution in [-0.2, 0) is 6.54 Å². The van der Waals surface area contributed by atoms with E-state index >= 15 is 0 Å². The molecule has 2 rings (SSSR count). The molecule has 2 aromatic rings. The third kappa shape index (κ3) is 4.24. The lowest BCUT2D eigenvalue weighted by Crippen LogP contribution is -2.23. The Morgan fingerprint density at radius 1 is 1.30 bits per heavy atom. The Hall–Kier alpha value is -2.51. The van der Waals surface area contributed by atoms with Crippen molar-refractivity contribution in [2.24, 2.45) is 0 Å². The van der Waals surface area contributed by atoms with Gasteiger partial charge in [-0.2, -0.15) is 0 Å². The number of rotatable bonds is 8. The van der Waals surface area contributed by atoms with Crippen LogP contribution in [0.2, 0.25) is 0 Å². The molecule has 1 aromatic carbocycles. The third-order valence-electron chi connectivity index (χ3n) is 3.21. The lowest BCUT2D eigenvalue weighted by Gasteiger charge is -2.18. The van der Waals surface area contributed by atoms with Crippen LogP contribution < -0.4 is 4.87 Å². The van der Waals surface area contributed by atoms with E-state index in [1.807, 2.05) is 0 Å². The Labute approximate surface area is 137 Å². The smallest absolute Gasteiger partial charge is 0.305 e. The first-order chi connectivity index (χ1) is 11.0. The molecule has 0 bridgehead atoms. The van der Waals surface area contributed by atoms with Gasteiger partial charge in [0.25, 0.3) is 5.69 Å². The van der Waals surface area contributed by atoms with Crippen LogP contribution in [0.15, 0.2) is 54.4 Å². The number of nitrogens with one attached hydrogen (secondary N) is 1. The first-order valence-electron chi connectivity index (χ1n) is 6.96. The monoisotopic (exact) mass is 331 g/mol. The lowest BCUT2D eigenvalue weighted by molar-refractivity contribution is -0.384. The number of H-pyrrole nitrogens is 1. The molecule has 0 atom stereocenters. The second-order valence-electron chi connectivity index (χ2n) is 4.89. The summed E-state index contributed by atoms with van der Waals surface area (Å²) in [6.45, 7) is 9.31. The van der Waals surface area contributed by atoms with Crippen LogP contribution in [0.5, 0.6) is 0 Å². The summed E-state index contributed by atoms with van der Waals surface area (Å²) in [5, 5.41) is 10.9. The van der Waals surface area contributed by atoms with Crippen LogP contribution >= 0.6 is 11.3 Å². The Kier molecular flexibility index (Phi) is 5.61. The van der Waals surface area contributed by atoms with Gasteiger partial charge in [0.2, 0.25) is 0 Å². The zero-order chi connectivity index (χ0) is 16.8. The number of nitrogens with zero attached hydrogens (tertiary/aromatic N) is 2. The molecule has 120 valence electrons. The highest BCUT2D eigenvalue weighted by molar-refractivity contribution is 7.09. The SMILES string of the molecule is C=CCN(CC=C)Cc1sc(=O)[nH]c1-c1cccc([N+](=O)[O-])c1. The molecule has 0 spiro atoms. The molecule has 1 heterocycles. The molecule has 23 heavy (non-hydrogen) atoms. The van der Waals surface area contributed by atoms with Crippen molar-refractivity contribution in [3.05, 3.63) is 74.2 Å². The molecule has 0 radical (unpaired) electrons. The van der Waals surface area contributed by atoms with Crippen molar-refractivity contribution >= 4 is 17.0 Å². The maximum absolute atomic E-state index is 11.8. The van der Waals surface area contributed by atoms with Gasteiger partial charge in [-0.25, -0.2) is 0 Å². The van der Waals surface area contributed by atoms with Gasteiger partial charge in [0, 0.05) is 42.2 Å². The fourth-order valence-corrected chi connectivity index (χ4v) is 3.15. The average Bonchev–Trinajstić information content (AvgIpc) is 2.88. The molecule has 0 unspecified atom stereocenters. The van der Waals surface area contributed by atoms with Gasteiger partial charge < -0.3 is 4.98 Å². The zero-order valence-corrected chi connectivity index (χ0v) is 13.3. The summed E-state index contributed by atoms with van der Waals surface area (Å²) in [7, 11) is 0. The van der Waals surface area contributed by atoms with E-state index in [1.54, 1.807) is 24.3 Å². The van der Waals surface area contributed by atoms with Crippen LogP contribution in [-0.4, -0.2) is 27.9 Å². The number of hydrogen-bond acceptors (Lipinski definition) is 5. The molecule has 0 aliphatic heterocycles. The lowest BCUT2D eigenvalue weighted by atomic mass is 10.1. The quantitative estimate of drug-likeness (QED) is 0.458. The number of benzene rings is 1. The number of non-ortho nitro benzene ring substituents is 1. The maximum atomic E-state index is 11.8. The minimum absolute atomic E-state index is 0.00506. The van der Waals surface area contributed by atoms with Crippen molar-refractivity contribution in [2.75, 3.05) is 13.1 Å². The van der Waals surface area contributed by atoms with E-state index in [9.17, 15) is 14.9 Å². The summed E-state index contributed by atoms with van der Waals surface area (Å²) in [5.41, 5.74) is 1.25. The maximum Gasteiger partial charge on any atom is 0.305 e. The zero-order valence-electron chi connectivity index (χ0n) is 12.5. The molecular weight excluding hydrogens is 314 g/mol. The number of thiazole rings is 1. The molecule has 6 nitrogen and oxygen atoms in total. The average molecular weight is 331 g/mol. The summed E-state index contributed by atoms with van der Waals surface area (Å²) >= 11 is 1.11. The van der Waals surface area contributed by atoms with Crippen molar-refractivity contribution < 1.29 is 4.92 Å². The molecule has 0 fully saturated rings. The molecule has 1 N–H and O–H groups in total. The number of nitro benzene ring substituents is 1. The summed E-state index contributed by atoms with van der Waals surface area (Å²) in [6.07, 6.45) is 3.57. The van der Waals surface area contributed by atoms with Crippen LogP contribution in [0.25, 0.3) is 11.3 Å². The van der Waals surface area contributed by atoms with Gasteiger partial charge in [0.05, 0.1) is 10.6 Å². The van der Waals surface area contributed by atoms with Gasteiger partial charge in [-0.05, 0) is 0 Å². The van der Waals surface area contributed by atoms with Gasteiger partial charge in [-0.15, -0.1) is 13.2 Å². The number of nitro groups is 1. The second-order valence-corrected chi connectivity index (χ2v) is 5.96. The van der Waals surface area contributed by atoms with Gasteiger partial charge in [-0.1, -0.05) is 35.6 Å². The predicted molar refractivity (Wildman–Crippen MR) is 92.7 cm³/mol. The molecule has 0 aliphatic rings. The minimum atomic E-state index is -0.449. The Balaban J connectivity index is 2.38. The highest BCUT2D eigenvalue weighted by atomic mass is 32.1. The van der Waals surface area contributed by atoms with Gasteiger partial charge in [0.15, 0.2) is 0 Å². The summed E-state index contributed by atoms with van der Waals surface area (Å²) in [4.78, 5) is 27.7. The number of hydrogen-bond donors (Lipinski definition) is 1. The first-order valence-corrected chi connectivity index (χ1v) is 7.77. The van der Waals surface area contributed by atoms with Gasteiger partial charge in [0.1, 0.15) is 0 Å². The van der Waals surface area contributed by atoms with E-state index in [0.717, 1.165) is 16.2 Å². The Morgan fingerprint density at radius 3 is 2.61 bits per heavy atom. The Bertz CT molecular complexity index is 769. The molecule has 0 saturated carbocycles. The molecule has 7 heteroatoms. The fraction of sp³-hybridized carbons (Fsp3) is 0.188. The second kappa shape index (κ2) is 7.66. The van der Waals surface area contributed by atoms with Crippen LogP contribution in [0.4, 0.5) is 5.69 Å². The summed E-state index contributed by atoms with van der Waals surface area (Å²) in [5.74, 6) is 0. The third-order valence-corrected chi connectivity index (χ3v) is 4.08. The summed E-state index contributed by atoms with van der Waals surface area (Å²) < 4.78 is 0. The highest BCUT2D eigenvalue weighted by Gasteiger charge is 2.15. The summed E-state index contributed by atoms with van der Waals surface area (Å²) in [6, 6.07) is 6.25. The van der Waals surface area contributed by atoms with Gasteiger partial charge in [-0.3, -0.25) is 19.8 Å². The minimum Gasteiger partial charge on any atom is -0.312 e. The normalized spacial score (nSPS) is 10.7. The highest BCUT2D eigenvalue weighted by Crippen LogP contribution is 2.27. The van der Waals surface area contributed by atoms with Crippen LogP contribution in [0.3, 0.4) is 0 Å². The predicted octanol–water partition coefficient (Wildman–Crippen LogP) is 3.19. The van der Waals surface area contributed by atoms with Crippen LogP contribution in [0, 0.1) is 10.1 Å². The fourth-order valence-electron chi connectivity index (χ4n) is 2.25. The van der Waals surface area contributed by atoms with E-state index < -0.39 is 4.92 Å². The van der Waals surface area contributed by atoms with E-state index in [2.05, 4.69) is 23.0 Å². The molecule has 0 aliphatic carbocycles. The van der Waals surface area contributed by atoms with Crippen molar-refractivity contribution in [1.29, 1.82) is 0 Å². The molecule has 1 aromatic heterocycles. The Morgan fingerprint density at radius 2 is 2.00 bits per heavy atom. The largest absolute Gasteiger partial charge is 0.312 e.